The Bertz CT molecular complexity index is 612. The second kappa shape index (κ2) is 4.65. The average Bonchev–Trinajstić information content (AvgIpc) is 2.32. The first-order valence-electron chi connectivity index (χ1n) is 5.90. The molecule has 0 aliphatic heterocycles. The standard InChI is InChI=1S/C16H16O2/c1-10-4-5-13(8-11(10)2)14-6-7-15(16(17)18)12(3)9-14/h4-9H,1-3H3,(H,17,18). The molecule has 1 N–H and O–H groups in total. The molecular weight excluding hydrogens is 224 g/mol. The minimum absolute atomic E-state index is 0.364. The monoisotopic (exact) mass is 240 g/mol. The molecule has 92 valence electrons. The number of aryl methyl sites for hydroxylation is 3. The highest BCUT2D eigenvalue weighted by Gasteiger charge is 2.08. The first kappa shape index (κ1) is 12.4. The first-order valence-corrected chi connectivity index (χ1v) is 5.90. The molecule has 0 amide bonds. The van der Waals surface area contributed by atoms with Crippen molar-refractivity contribution in [2.75, 3.05) is 0 Å². The molecule has 0 radical (unpaired) electrons. The van der Waals surface area contributed by atoms with Crippen molar-refractivity contribution in [2.45, 2.75) is 20.8 Å². The van der Waals surface area contributed by atoms with Crippen molar-refractivity contribution in [3.05, 3.63) is 58.7 Å². The molecule has 2 aromatic carbocycles. The Hall–Kier alpha value is -2.09. The highest BCUT2D eigenvalue weighted by Crippen LogP contribution is 2.24. The van der Waals surface area contributed by atoms with Gasteiger partial charge in [0.15, 0.2) is 0 Å². The van der Waals surface area contributed by atoms with Crippen LogP contribution in [0.2, 0.25) is 0 Å². The van der Waals surface area contributed by atoms with Gasteiger partial charge >= 0.3 is 5.97 Å². The highest BCUT2D eigenvalue weighted by atomic mass is 16.4. The van der Waals surface area contributed by atoms with Crippen LogP contribution in [-0.2, 0) is 0 Å². The molecule has 2 rings (SSSR count). The number of carboxylic acids is 1. The number of hydrogen-bond donors (Lipinski definition) is 1. The fraction of sp³-hybridized carbons (Fsp3) is 0.188. The van der Waals surface area contributed by atoms with Crippen molar-refractivity contribution in [3.8, 4) is 11.1 Å². The maximum absolute atomic E-state index is 11.0. The fourth-order valence-electron chi connectivity index (χ4n) is 2.00. The average molecular weight is 240 g/mol. The molecular formula is C16H16O2. The molecule has 2 aromatic rings. The van der Waals surface area contributed by atoms with E-state index in [1.54, 1.807) is 6.07 Å². The summed E-state index contributed by atoms with van der Waals surface area (Å²) < 4.78 is 0. The summed E-state index contributed by atoms with van der Waals surface area (Å²) in [5.74, 6) is -0.876. The Morgan fingerprint density at radius 2 is 1.39 bits per heavy atom. The molecule has 0 unspecified atom stereocenters. The van der Waals surface area contributed by atoms with Gasteiger partial charge in [-0.25, -0.2) is 4.79 Å². The Labute approximate surface area is 107 Å². The van der Waals surface area contributed by atoms with Crippen LogP contribution in [0.3, 0.4) is 0 Å². The van der Waals surface area contributed by atoms with E-state index in [0.717, 1.165) is 16.7 Å². The van der Waals surface area contributed by atoms with Gasteiger partial charge in [-0.15, -0.1) is 0 Å². The lowest BCUT2D eigenvalue weighted by molar-refractivity contribution is 0.0696. The van der Waals surface area contributed by atoms with Crippen LogP contribution in [0.4, 0.5) is 0 Å². The molecule has 0 aliphatic carbocycles. The third kappa shape index (κ3) is 2.28. The Kier molecular flexibility index (Phi) is 3.19. The van der Waals surface area contributed by atoms with Crippen molar-refractivity contribution in [2.24, 2.45) is 0 Å². The predicted molar refractivity (Wildman–Crippen MR) is 73.0 cm³/mol. The Balaban J connectivity index is 2.48. The molecule has 0 saturated heterocycles. The van der Waals surface area contributed by atoms with Crippen LogP contribution in [0.25, 0.3) is 11.1 Å². The maximum atomic E-state index is 11.0. The van der Waals surface area contributed by atoms with Crippen LogP contribution in [0.5, 0.6) is 0 Å². The van der Waals surface area contributed by atoms with Gasteiger partial charge in [0, 0.05) is 0 Å². The fourth-order valence-corrected chi connectivity index (χ4v) is 2.00. The van der Waals surface area contributed by atoms with Gasteiger partial charge in [0.1, 0.15) is 0 Å². The van der Waals surface area contributed by atoms with Crippen LogP contribution in [0, 0.1) is 20.8 Å². The van der Waals surface area contributed by atoms with Crippen LogP contribution >= 0.6 is 0 Å². The van der Waals surface area contributed by atoms with E-state index in [1.165, 1.54) is 11.1 Å². The Morgan fingerprint density at radius 3 is 1.89 bits per heavy atom. The van der Waals surface area contributed by atoms with E-state index in [1.807, 2.05) is 19.1 Å². The van der Waals surface area contributed by atoms with Crippen molar-refractivity contribution in [3.63, 3.8) is 0 Å². The van der Waals surface area contributed by atoms with E-state index in [0.29, 0.717) is 5.56 Å². The van der Waals surface area contributed by atoms with E-state index in [-0.39, 0.29) is 0 Å². The van der Waals surface area contributed by atoms with Crippen molar-refractivity contribution in [1.29, 1.82) is 0 Å². The third-order valence-electron chi connectivity index (χ3n) is 3.30. The number of carbonyl (C=O) groups is 1. The molecule has 0 aromatic heterocycles. The summed E-state index contributed by atoms with van der Waals surface area (Å²) in [6.07, 6.45) is 0. The molecule has 0 saturated carbocycles. The zero-order chi connectivity index (χ0) is 13.3. The predicted octanol–water partition coefficient (Wildman–Crippen LogP) is 3.98. The van der Waals surface area contributed by atoms with E-state index < -0.39 is 5.97 Å². The summed E-state index contributed by atoms with van der Waals surface area (Å²) in [5, 5.41) is 9.01. The third-order valence-corrected chi connectivity index (χ3v) is 3.30. The van der Waals surface area contributed by atoms with Crippen molar-refractivity contribution >= 4 is 5.97 Å². The largest absolute Gasteiger partial charge is 0.478 e. The summed E-state index contributed by atoms with van der Waals surface area (Å²) in [6.45, 7) is 5.99. The maximum Gasteiger partial charge on any atom is 0.335 e. The summed E-state index contributed by atoms with van der Waals surface area (Å²) in [6, 6.07) is 11.7. The lowest BCUT2D eigenvalue weighted by atomic mass is 9.97. The quantitative estimate of drug-likeness (QED) is 0.862. The zero-order valence-corrected chi connectivity index (χ0v) is 10.8. The van der Waals surface area contributed by atoms with E-state index in [2.05, 4.69) is 32.0 Å². The van der Waals surface area contributed by atoms with E-state index in [9.17, 15) is 4.79 Å². The number of benzene rings is 2. The highest BCUT2D eigenvalue weighted by molar-refractivity contribution is 5.90. The molecule has 0 fully saturated rings. The number of carboxylic acid groups (broad SMARTS) is 1. The first-order chi connectivity index (χ1) is 8.49. The second-order valence-corrected chi connectivity index (χ2v) is 4.63. The van der Waals surface area contributed by atoms with E-state index >= 15 is 0 Å². The molecule has 18 heavy (non-hydrogen) atoms. The summed E-state index contributed by atoms with van der Waals surface area (Å²) in [4.78, 5) is 11.0. The molecule has 0 atom stereocenters. The SMILES string of the molecule is Cc1ccc(-c2ccc(C(=O)O)c(C)c2)cc1C. The molecule has 2 nitrogen and oxygen atoms in total. The summed E-state index contributed by atoms with van der Waals surface area (Å²) >= 11 is 0. The Morgan fingerprint density at radius 1 is 0.833 bits per heavy atom. The minimum atomic E-state index is -0.876. The molecule has 0 aliphatic rings. The lowest BCUT2D eigenvalue weighted by Crippen LogP contribution is -1.99. The zero-order valence-electron chi connectivity index (χ0n) is 10.8. The molecule has 0 heterocycles. The lowest BCUT2D eigenvalue weighted by Gasteiger charge is -2.08. The number of hydrogen-bond acceptors (Lipinski definition) is 1. The van der Waals surface area contributed by atoms with Gasteiger partial charge in [0.25, 0.3) is 0 Å². The smallest absolute Gasteiger partial charge is 0.335 e. The number of rotatable bonds is 2. The van der Waals surface area contributed by atoms with Crippen LogP contribution in [0.1, 0.15) is 27.0 Å². The van der Waals surface area contributed by atoms with Crippen molar-refractivity contribution < 1.29 is 9.90 Å². The topological polar surface area (TPSA) is 37.3 Å². The van der Waals surface area contributed by atoms with Gasteiger partial charge in [0.2, 0.25) is 0 Å². The van der Waals surface area contributed by atoms with Gasteiger partial charge < -0.3 is 5.11 Å². The van der Waals surface area contributed by atoms with Crippen LogP contribution in [-0.4, -0.2) is 11.1 Å². The molecule has 2 heteroatoms. The van der Waals surface area contributed by atoms with E-state index in [4.69, 9.17) is 5.11 Å². The van der Waals surface area contributed by atoms with Crippen LogP contribution < -0.4 is 0 Å². The number of aromatic carboxylic acids is 1. The summed E-state index contributed by atoms with van der Waals surface area (Å²) in [7, 11) is 0. The molecule has 0 bridgehead atoms. The van der Waals surface area contributed by atoms with Gasteiger partial charge in [-0.05, 0) is 54.7 Å². The van der Waals surface area contributed by atoms with Gasteiger partial charge in [-0.1, -0.05) is 30.3 Å². The van der Waals surface area contributed by atoms with Crippen LogP contribution in [0.15, 0.2) is 36.4 Å². The van der Waals surface area contributed by atoms with Gasteiger partial charge in [-0.2, -0.15) is 0 Å². The van der Waals surface area contributed by atoms with Crippen molar-refractivity contribution in [1.82, 2.24) is 0 Å². The summed E-state index contributed by atoms with van der Waals surface area (Å²) in [5.41, 5.74) is 5.84. The normalized spacial score (nSPS) is 10.4. The van der Waals surface area contributed by atoms with Gasteiger partial charge in [-0.3, -0.25) is 0 Å². The molecule has 0 spiro atoms. The second-order valence-electron chi connectivity index (χ2n) is 4.63. The van der Waals surface area contributed by atoms with Gasteiger partial charge in [0.05, 0.1) is 5.56 Å². The minimum Gasteiger partial charge on any atom is -0.478 e.